The summed E-state index contributed by atoms with van der Waals surface area (Å²) in [5.74, 6) is 0.205. The lowest BCUT2D eigenvalue weighted by Gasteiger charge is -2.22. The van der Waals surface area contributed by atoms with Crippen molar-refractivity contribution in [3.63, 3.8) is 0 Å². The Labute approximate surface area is 148 Å². The summed E-state index contributed by atoms with van der Waals surface area (Å²) in [6, 6.07) is 14.2. The number of rotatable bonds is 6. The minimum Gasteiger partial charge on any atom is -0.496 e. The number of aryl methyl sites for hydroxylation is 1. The minimum absolute atomic E-state index is 0.142. The Morgan fingerprint density at radius 1 is 1.12 bits per heavy atom. The molecule has 0 heterocycles. The van der Waals surface area contributed by atoms with Crippen LogP contribution in [0, 0.1) is 6.92 Å². The van der Waals surface area contributed by atoms with Crippen LogP contribution in [0.4, 0.5) is 0 Å². The summed E-state index contributed by atoms with van der Waals surface area (Å²) in [6.07, 6.45) is 0.437. The van der Waals surface area contributed by atoms with Crippen LogP contribution >= 0.6 is 0 Å². The van der Waals surface area contributed by atoms with Crippen LogP contribution in [0.2, 0.25) is 0 Å². The second-order valence-electron chi connectivity index (χ2n) is 6.13. The lowest BCUT2D eigenvalue weighted by Crippen LogP contribution is -2.47. The third-order valence-corrected chi connectivity index (χ3v) is 4.00. The molecule has 1 N–H and O–H groups in total. The van der Waals surface area contributed by atoms with E-state index >= 15 is 0 Å². The van der Waals surface area contributed by atoms with Crippen LogP contribution in [0.5, 0.6) is 5.75 Å². The molecule has 132 valence electrons. The molecule has 0 radical (unpaired) electrons. The Hall–Kier alpha value is -2.82. The number of amides is 2. The highest BCUT2D eigenvalue weighted by Crippen LogP contribution is 2.19. The normalized spacial score (nSPS) is 11.5. The summed E-state index contributed by atoms with van der Waals surface area (Å²) in [4.78, 5) is 26.6. The smallest absolute Gasteiger partial charge is 0.252 e. The fourth-order valence-electron chi connectivity index (χ4n) is 2.56. The van der Waals surface area contributed by atoms with Gasteiger partial charge in [0.1, 0.15) is 11.8 Å². The third-order valence-electron chi connectivity index (χ3n) is 4.00. The first-order chi connectivity index (χ1) is 11.9. The Kier molecular flexibility index (Phi) is 6.17. The second kappa shape index (κ2) is 8.33. The zero-order valence-corrected chi connectivity index (χ0v) is 15.1. The van der Waals surface area contributed by atoms with E-state index in [-0.39, 0.29) is 11.8 Å². The average Bonchev–Trinajstić information content (AvgIpc) is 2.61. The summed E-state index contributed by atoms with van der Waals surface area (Å²) < 4.78 is 5.27. The van der Waals surface area contributed by atoms with Crippen molar-refractivity contribution < 1.29 is 14.3 Å². The molecule has 0 aromatic heterocycles. The highest BCUT2D eigenvalue weighted by atomic mass is 16.5. The van der Waals surface area contributed by atoms with Gasteiger partial charge in [-0.05, 0) is 30.2 Å². The number of likely N-dealkylation sites (N-methyl/N-ethyl adjacent to an activating group) is 1. The van der Waals surface area contributed by atoms with Gasteiger partial charge in [-0.1, -0.05) is 36.4 Å². The number of nitrogens with zero attached hydrogens (tertiary/aromatic N) is 1. The van der Waals surface area contributed by atoms with Gasteiger partial charge in [-0.3, -0.25) is 9.59 Å². The SMILES string of the molecule is COc1cc(C(=O)N[C@@H](Cc2ccccc2)C(=O)N(C)C)ccc1C. The zero-order chi connectivity index (χ0) is 18.4. The molecule has 2 amide bonds. The number of hydrogen-bond donors (Lipinski definition) is 1. The molecule has 25 heavy (non-hydrogen) atoms. The van der Waals surface area contributed by atoms with Crippen molar-refractivity contribution in [1.29, 1.82) is 0 Å². The number of ether oxygens (including phenoxy) is 1. The number of carbonyl (C=O) groups is 2. The first-order valence-corrected chi connectivity index (χ1v) is 8.13. The molecule has 0 unspecified atom stereocenters. The molecular formula is C20H24N2O3. The van der Waals surface area contributed by atoms with E-state index < -0.39 is 6.04 Å². The van der Waals surface area contributed by atoms with E-state index in [9.17, 15) is 9.59 Å². The predicted molar refractivity (Wildman–Crippen MR) is 97.8 cm³/mol. The molecule has 0 spiro atoms. The lowest BCUT2D eigenvalue weighted by molar-refractivity contribution is -0.130. The van der Waals surface area contributed by atoms with Crippen LogP contribution < -0.4 is 10.1 Å². The molecule has 2 aromatic carbocycles. The standard InChI is InChI=1S/C20H24N2O3/c1-14-10-11-16(13-18(14)25-4)19(23)21-17(20(24)22(2)3)12-15-8-6-5-7-9-15/h5-11,13,17H,12H2,1-4H3,(H,21,23)/t17-/m0/s1. The Balaban J connectivity index is 2.20. The largest absolute Gasteiger partial charge is 0.496 e. The van der Waals surface area contributed by atoms with Gasteiger partial charge in [0.2, 0.25) is 5.91 Å². The molecule has 5 heteroatoms. The number of methoxy groups -OCH3 is 1. The predicted octanol–water partition coefficient (Wildman–Crippen LogP) is 2.43. The fourth-order valence-corrected chi connectivity index (χ4v) is 2.56. The van der Waals surface area contributed by atoms with Crippen molar-refractivity contribution in [2.45, 2.75) is 19.4 Å². The van der Waals surface area contributed by atoms with Crippen LogP contribution in [-0.4, -0.2) is 44.0 Å². The van der Waals surface area contributed by atoms with Crippen LogP contribution in [-0.2, 0) is 11.2 Å². The van der Waals surface area contributed by atoms with Gasteiger partial charge in [0.15, 0.2) is 0 Å². The quantitative estimate of drug-likeness (QED) is 0.879. The highest BCUT2D eigenvalue weighted by Gasteiger charge is 2.23. The number of carbonyl (C=O) groups excluding carboxylic acids is 2. The van der Waals surface area contributed by atoms with Gasteiger partial charge in [0.25, 0.3) is 5.91 Å². The summed E-state index contributed by atoms with van der Waals surface area (Å²) >= 11 is 0. The zero-order valence-electron chi connectivity index (χ0n) is 15.1. The van der Waals surface area contributed by atoms with Gasteiger partial charge < -0.3 is 15.0 Å². The molecular weight excluding hydrogens is 316 g/mol. The summed E-state index contributed by atoms with van der Waals surface area (Å²) in [5.41, 5.74) is 2.40. The average molecular weight is 340 g/mol. The number of hydrogen-bond acceptors (Lipinski definition) is 3. The van der Waals surface area contributed by atoms with E-state index in [1.807, 2.05) is 43.3 Å². The van der Waals surface area contributed by atoms with Crippen molar-refractivity contribution in [3.05, 3.63) is 65.2 Å². The van der Waals surface area contributed by atoms with Crippen LogP contribution in [0.15, 0.2) is 48.5 Å². The molecule has 0 saturated carbocycles. The molecule has 0 aliphatic carbocycles. The van der Waals surface area contributed by atoms with Gasteiger partial charge in [-0.15, -0.1) is 0 Å². The van der Waals surface area contributed by atoms with Crippen molar-refractivity contribution in [3.8, 4) is 5.75 Å². The van der Waals surface area contributed by atoms with E-state index in [4.69, 9.17) is 4.74 Å². The van der Waals surface area contributed by atoms with Crippen LogP contribution in [0.3, 0.4) is 0 Å². The van der Waals surface area contributed by atoms with Gasteiger partial charge in [0.05, 0.1) is 7.11 Å². The minimum atomic E-state index is -0.628. The Bertz CT molecular complexity index is 742. The molecule has 2 rings (SSSR count). The maximum Gasteiger partial charge on any atom is 0.252 e. The first kappa shape index (κ1) is 18.5. The molecule has 1 atom stereocenters. The van der Waals surface area contributed by atoms with E-state index in [1.54, 1.807) is 33.3 Å². The van der Waals surface area contributed by atoms with Crippen LogP contribution in [0.25, 0.3) is 0 Å². The van der Waals surface area contributed by atoms with E-state index in [0.29, 0.717) is 17.7 Å². The molecule has 0 fully saturated rings. The Morgan fingerprint density at radius 3 is 2.40 bits per heavy atom. The molecule has 2 aromatic rings. The van der Waals surface area contributed by atoms with Crippen molar-refractivity contribution >= 4 is 11.8 Å². The van der Waals surface area contributed by atoms with Gasteiger partial charge in [-0.2, -0.15) is 0 Å². The molecule has 0 aliphatic heterocycles. The van der Waals surface area contributed by atoms with Gasteiger partial charge in [0, 0.05) is 26.1 Å². The third kappa shape index (κ3) is 4.83. The molecule has 0 aliphatic rings. The maximum atomic E-state index is 12.6. The topological polar surface area (TPSA) is 58.6 Å². The van der Waals surface area contributed by atoms with Crippen molar-refractivity contribution in [2.24, 2.45) is 0 Å². The monoisotopic (exact) mass is 340 g/mol. The second-order valence-corrected chi connectivity index (χ2v) is 6.13. The maximum absolute atomic E-state index is 12.6. The molecule has 0 saturated heterocycles. The molecule has 5 nitrogen and oxygen atoms in total. The summed E-state index contributed by atoms with van der Waals surface area (Å²) in [7, 11) is 4.93. The number of benzene rings is 2. The number of nitrogens with one attached hydrogen (secondary N) is 1. The van der Waals surface area contributed by atoms with E-state index in [0.717, 1.165) is 11.1 Å². The first-order valence-electron chi connectivity index (χ1n) is 8.13. The van der Waals surface area contributed by atoms with Crippen molar-refractivity contribution in [2.75, 3.05) is 21.2 Å². The molecule has 0 bridgehead atoms. The lowest BCUT2D eigenvalue weighted by atomic mass is 10.0. The highest BCUT2D eigenvalue weighted by molar-refractivity contribution is 5.98. The fraction of sp³-hybridized carbons (Fsp3) is 0.300. The Morgan fingerprint density at radius 2 is 1.80 bits per heavy atom. The van der Waals surface area contributed by atoms with E-state index in [2.05, 4.69) is 5.32 Å². The van der Waals surface area contributed by atoms with Gasteiger partial charge >= 0.3 is 0 Å². The van der Waals surface area contributed by atoms with Crippen molar-refractivity contribution in [1.82, 2.24) is 10.2 Å². The summed E-state index contributed by atoms with van der Waals surface area (Å²) in [6.45, 7) is 1.91. The van der Waals surface area contributed by atoms with Gasteiger partial charge in [-0.25, -0.2) is 0 Å². The van der Waals surface area contributed by atoms with E-state index in [1.165, 1.54) is 4.90 Å². The van der Waals surface area contributed by atoms with Crippen LogP contribution in [0.1, 0.15) is 21.5 Å². The summed E-state index contributed by atoms with van der Waals surface area (Å²) in [5, 5.41) is 2.85.